The fraction of sp³-hybridized carbons (Fsp3) is 0.500. The van der Waals surface area contributed by atoms with Crippen LogP contribution in [-0.2, 0) is 9.53 Å². The molecule has 0 unspecified atom stereocenters. The minimum absolute atomic E-state index is 0.184. The third kappa shape index (κ3) is 2.50. The molecule has 0 radical (unpaired) electrons. The van der Waals surface area contributed by atoms with E-state index in [0.717, 1.165) is 14.2 Å². The first-order chi connectivity index (χ1) is 7.66. The summed E-state index contributed by atoms with van der Waals surface area (Å²) < 4.78 is 5.41. The van der Waals surface area contributed by atoms with E-state index in [0.29, 0.717) is 6.54 Å². The van der Waals surface area contributed by atoms with Gasteiger partial charge in [0, 0.05) is 0 Å². The average molecular weight is 259 g/mol. The van der Waals surface area contributed by atoms with E-state index in [-0.39, 0.29) is 18.3 Å². The first kappa shape index (κ1) is 11.3. The molecule has 2 rings (SSSR count). The predicted octanol–water partition coefficient (Wildman–Crippen LogP) is 0.917. The monoisotopic (exact) mass is 259 g/mol. The van der Waals surface area contributed by atoms with Gasteiger partial charge in [-0.3, -0.25) is 4.79 Å². The number of carbonyl (C=O) groups is 2. The lowest BCUT2D eigenvalue weighted by molar-refractivity contribution is -0.124. The number of nitrogens with zero attached hydrogens (tertiary/aromatic N) is 3. The third-order valence-electron chi connectivity index (χ3n) is 1.89. The molecule has 1 aliphatic heterocycles. The third-order valence-corrected chi connectivity index (χ3v) is 3.85. The standard InChI is InChI=1S/C8H9N3O3S2/c1-5-9-10-7(16-5)15-4-6(12)11-2-3-14-8(11)13/h2-4H2,1H3. The summed E-state index contributed by atoms with van der Waals surface area (Å²) in [7, 11) is 0. The molecule has 6 nitrogen and oxygen atoms in total. The van der Waals surface area contributed by atoms with Gasteiger partial charge >= 0.3 is 6.09 Å². The molecule has 0 aromatic carbocycles. The molecule has 86 valence electrons. The summed E-state index contributed by atoms with van der Waals surface area (Å²) in [6, 6.07) is 0. The van der Waals surface area contributed by atoms with Crippen molar-refractivity contribution in [2.24, 2.45) is 0 Å². The van der Waals surface area contributed by atoms with Crippen molar-refractivity contribution in [3.05, 3.63) is 5.01 Å². The molecule has 2 amide bonds. The number of hydrogen-bond acceptors (Lipinski definition) is 7. The van der Waals surface area contributed by atoms with Crippen LogP contribution in [0.4, 0.5) is 4.79 Å². The summed E-state index contributed by atoms with van der Waals surface area (Å²) in [5, 5.41) is 8.57. The number of carbonyl (C=O) groups excluding carboxylic acids is 2. The van der Waals surface area contributed by atoms with Crippen molar-refractivity contribution in [1.82, 2.24) is 15.1 Å². The first-order valence-electron chi connectivity index (χ1n) is 4.57. The van der Waals surface area contributed by atoms with Crippen molar-refractivity contribution in [2.75, 3.05) is 18.9 Å². The fourth-order valence-corrected chi connectivity index (χ4v) is 2.85. The Morgan fingerprint density at radius 2 is 2.44 bits per heavy atom. The number of imide groups is 1. The van der Waals surface area contributed by atoms with Crippen molar-refractivity contribution < 1.29 is 14.3 Å². The van der Waals surface area contributed by atoms with Gasteiger partial charge in [-0.05, 0) is 6.92 Å². The summed E-state index contributed by atoms with van der Waals surface area (Å²) in [6.45, 7) is 2.47. The van der Waals surface area contributed by atoms with E-state index in [2.05, 4.69) is 14.9 Å². The highest BCUT2D eigenvalue weighted by Gasteiger charge is 2.28. The Hall–Kier alpha value is -1.15. The Morgan fingerprint density at radius 3 is 3.00 bits per heavy atom. The zero-order valence-electron chi connectivity index (χ0n) is 8.50. The first-order valence-corrected chi connectivity index (χ1v) is 6.37. The molecular formula is C8H9N3O3S2. The van der Waals surface area contributed by atoms with Gasteiger partial charge in [-0.15, -0.1) is 10.2 Å². The second-order valence-electron chi connectivity index (χ2n) is 3.04. The van der Waals surface area contributed by atoms with Crippen LogP contribution >= 0.6 is 23.1 Å². The number of ether oxygens (including phenoxy) is 1. The van der Waals surface area contributed by atoms with E-state index in [1.807, 2.05) is 6.92 Å². The Labute approximate surface area is 100.0 Å². The Morgan fingerprint density at radius 1 is 1.62 bits per heavy atom. The van der Waals surface area contributed by atoms with Gasteiger partial charge in [-0.1, -0.05) is 23.1 Å². The highest BCUT2D eigenvalue weighted by Crippen LogP contribution is 2.22. The maximum Gasteiger partial charge on any atom is 0.416 e. The molecule has 1 aromatic heterocycles. The molecule has 16 heavy (non-hydrogen) atoms. The Kier molecular flexibility index (Phi) is 3.39. The normalized spacial score (nSPS) is 15.3. The lowest BCUT2D eigenvalue weighted by Crippen LogP contribution is -2.32. The molecule has 1 aromatic rings. The number of hydrogen-bond donors (Lipinski definition) is 0. The van der Waals surface area contributed by atoms with Gasteiger partial charge in [0.25, 0.3) is 0 Å². The average Bonchev–Trinajstić information content (AvgIpc) is 2.84. The highest BCUT2D eigenvalue weighted by atomic mass is 32.2. The fourth-order valence-electron chi connectivity index (χ4n) is 1.16. The number of amides is 2. The number of thioether (sulfide) groups is 1. The van der Waals surface area contributed by atoms with Crippen LogP contribution in [0.15, 0.2) is 4.34 Å². The molecule has 1 aliphatic rings. The van der Waals surface area contributed by atoms with Crippen LogP contribution in [0.25, 0.3) is 0 Å². The molecule has 2 heterocycles. The van der Waals surface area contributed by atoms with Crippen LogP contribution in [0, 0.1) is 6.92 Å². The van der Waals surface area contributed by atoms with E-state index in [4.69, 9.17) is 0 Å². The van der Waals surface area contributed by atoms with Gasteiger partial charge in [0.15, 0.2) is 4.34 Å². The second kappa shape index (κ2) is 4.79. The van der Waals surface area contributed by atoms with E-state index in [1.54, 1.807) is 0 Å². The summed E-state index contributed by atoms with van der Waals surface area (Å²) in [5.74, 6) is -0.0654. The topological polar surface area (TPSA) is 72.4 Å². The summed E-state index contributed by atoms with van der Waals surface area (Å²) in [5.41, 5.74) is 0. The van der Waals surface area contributed by atoms with Crippen LogP contribution in [0.2, 0.25) is 0 Å². The number of rotatable bonds is 3. The van der Waals surface area contributed by atoms with Crippen molar-refractivity contribution in [3.8, 4) is 0 Å². The molecule has 0 N–H and O–H groups in total. The lowest BCUT2D eigenvalue weighted by Gasteiger charge is -2.08. The van der Waals surface area contributed by atoms with Crippen LogP contribution < -0.4 is 0 Å². The van der Waals surface area contributed by atoms with E-state index >= 15 is 0 Å². The smallest absolute Gasteiger partial charge is 0.416 e. The molecule has 8 heteroatoms. The van der Waals surface area contributed by atoms with E-state index in [1.165, 1.54) is 23.1 Å². The zero-order valence-corrected chi connectivity index (χ0v) is 10.1. The Bertz CT molecular complexity index is 420. The minimum atomic E-state index is -0.556. The number of cyclic esters (lactones) is 1. The van der Waals surface area contributed by atoms with Crippen LogP contribution in [0.5, 0.6) is 0 Å². The highest BCUT2D eigenvalue weighted by molar-refractivity contribution is 8.01. The summed E-state index contributed by atoms with van der Waals surface area (Å²) >= 11 is 2.71. The predicted molar refractivity (Wildman–Crippen MR) is 58.4 cm³/mol. The maximum absolute atomic E-state index is 11.6. The summed E-state index contributed by atoms with van der Waals surface area (Å²) in [4.78, 5) is 23.8. The van der Waals surface area contributed by atoms with Crippen molar-refractivity contribution >= 4 is 35.1 Å². The van der Waals surface area contributed by atoms with Gasteiger partial charge in [-0.25, -0.2) is 9.69 Å². The SMILES string of the molecule is Cc1nnc(SCC(=O)N2CCOC2=O)s1. The van der Waals surface area contributed by atoms with Crippen molar-refractivity contribution in [1.29, 1.82) is 0 Å². The van der Waals surface area contributed by atoms with E-state index in [9.17, 15) is 9.59 Å². The van der Waals surface area contributed by atoms with Gasteiger partial charge in [0.05, 0.1) is 12.3 Å². The van der Waals surface area contributed by atoms with Crippen LogP contribution in [0.3, 0.4) is 0 Å². The van der Waals surface area contributed by atoms with Gasteiger partial charge in [0.1, 0.15) is 11.6 Å². The molecule has 1 saturated heterocycles. The lowest BCUT2D eigenvalue weighted by atomic mass is 10.5. The Balaban J connectivity index is 1.86. The molecule has 0 spiro atoms. The molecule has 0 atom stereocenters. The zero-order chi connectivity index (χ0) is 11.5. The summed E-state index contributed by atoms with van der Waals surface area (Å²) in [6.07, 6.45) is -0.556. The van der Waals surface area contributed by atoms with Gasteiger partial charge in [0.2, 0.25) is 5.91 Å². The molecular weight excluding hydrogens is 250 g/mol. The molecule has 0 bridgehead atoms. The quantitative estimate of drug-likeness (QED) is 0.751. The number of aryl methyl sites for hydroxylation is 1. The van der Waals surface area contributed by atoms with Gasteiger partial charge in [-0.2, -0.15) is 0 Å². The molecule has 0 saturated carbocycles. The molecule has 0 aliphatic carbocycles. The van der Waals surface area contributed by atoms with Crippen LogP contribution in [0.1, 0.15) is 5.01 Å². The minimum Gasteiger partial charge on any atom is -0.447 e. The van der Waals surface area contributed by atoms with Crippen molar-refractivity contribution in [2.45, 2.75) is 11.3 Å². The van der Waals surface area contributed by atoms with Crippen molar-refractivity contribution in [3.63, 3.8) is 0 Å². The molecule has 1 fully saturated rings. The van der Waals surface area contributed by atoms with Gasteiger partial charge < -0.3 is 4.74 Å². The number of aromatic nitrogens is 2. The maximum atomic E-state index is 11.6. The second-order valence-corrected chi connectivity index (χ2v) is 5.44. The van der Waals surface area contributed by atoms with Crippen LogP contribution in [-0.4, -0.2) is 46.0 Å². The largest absolute Gasteiger partial charge is 0.447 e. The van der Waals surface area contributed by atoms with E-state index < -0.39 is 6.09 Å².